The van der Waals surface area contributed by atoms with E-state index in [0.29, 0.717) is 5.56 Å². The van der Waals surface area contributed by atoms with Crippen LogP contribution in [0.3, 0.4) is 0 Å². The van der Waals surface area contributed by atoms with Crippen LogP contribution < -0.4 is 0 Å². The molecule has 3 nitrogen and oxygen atoms in total. The predicted molar refractivity (Wildman–Crippen MR) is 45.3 cm³/mol. The zero-order chi connectivity index (χ0) is 8.39. The Labute approximate surface area is 69.7 Å². The number of rotatable bonds is 1. The topological polar surface area (TPSA) is 55.4 Å². The summed E-state index contributed by atoms with van der Waals surface area (Å²) in [5, 5.41) is 8.73. The van der Waals surface area contributed by atoms with Crippen LogP contribution in [0.15, 0.2) is 30.7 Å². The van der Waals surface area contributed by atoms with Crippen molar-refractivity contribution in [1.29, 1.82) is 5.26 Å². The van der Waals surface area contributed by atoms with Gasteiger partial charge in [0.15, 0.2) is 0 Å². The summed E-state index contributed by atoms with van der Waals surface area (Å²) in [6, 6.07) is 5.81. The first-order valence-corrected chi connectivity index (χ1v) is 3.62. The van der Waals surface area contributed by atoms with Crippen molar-refractivity contribution < 1.29 is 0 Å². The van der Waals surface area contributed by atoms with Gasteiger partial charge in [0.2, 0.25) is 0 Å². The highest BCUT2D eigenvalue weighted by Crippen LogP contribution is 2.19. The normalized spacial score (nSPS) is 9.58. The van der Waals surface area contributed by atoms with E-state index in [4.69, 9.17) is 5.26 Å². The van der Waals surface area contributed by atoms with Crippen molar-refractivity contribution in [3.8, 4) is 17.3 Å². The number of aromatic nitrogens is 2. The molecule has 0 spiro atoms. The van der Waals surface area contributed by atoms with Crippen molar-refractivity contribution in [1.82, 2.24) is 9.97 Å². The van der Waals surface area contributed by atoms with Gasteiger partial charge < -0.3 is 9.97 Å². The second-order valence-corrected chi connectivity index (χ2v) is 2.48. The van der Waals surface area contributed by atoms with Gasteiger partial charge in [0.05, 0.1) is 11.3 Å². The summed E-state index contributed by atoms with van der Waals surface area (Å²) in [6.45, 7) is 0. The molecule has 2 N–H and O–H groups in total. The molecule has 0 unspecified atom stereocenters. The fourth-order valence-electron chi connectivity index (χ4n) is 1.18. The summed E-state index contributed by atoms with van der Waals surface area (Å²) in [5.74, 6) is 0. The molecule has 0 fully saturated rings. The molecular weight excluding hydrogens is 150 g/mol. The molecule has 2 aromatic rings. The predicted octanol–water partition coefficient (Wildman–Crippen LogP) is 1.88. The maximum atomic E-state index is 8.73. The van der Waals surface area contributed by atoms with Gasteiger partial charge in [-0.1, -0.05) is 0 Å². The Kier molecular flexibility index (Phi) is 1.45. The average Bonchev–Trinajstić information content (AvgIpc) is 2.74. The van der Waals surface area contributed by atoms with Gasteiger partial charge in [-0.3, -0.25) is 0 Å². The van der Waals surface area contributed by atoms with Crippen LogP contribution in [0.5, 0.6) is 0 Å². The minimum absolute atomic E-state index is 0.676. The maximum Gasteiger partial charge on any atom is 0.101 e. The van der Waals surface area contributed by atoms with Gasteiger partial charge in [0.25, 0.3) is 0 Å². The second-order valence-electron chi connectivity index (χ2n) is 2.48. The highest BCUT2D eigenvalue weighted by molar-refractivity contribution is 5.66. The minimum atomic E-state index is 0.676. The van der Waals surface area contributed by atoms with Crippen LogP contribution in [0.1, 0.15) is 5.56 Å². The number of aromatic amines is 2. The van der Waals surface area contributed by atoms with Gasteiger partial charge in [0, 0.05) is 24.2 Å². The molecule has 0 aliphatic carbocycles. The second kappa shape index (κ2) is 2.59. The first-order chi connectivity index (χ1) is 5.92. The summed E-state index contributed by atoms with van der Waals surface area (Å²) < 4.78 is 0. The summed E-state index contributed by atoms with van der Waals surface area (Å²) >= 11 is 0. The van der Waals surface area contributed by atoms with E-state index in [1.807, 2.05) is 18.5 Å². The molecule has 0 amide bonds. The van der Waals surface area contributed by atoms with Crippen LogP contribution in [-0.4, -0.2) is 9.97 Å². The molecule has 2 heterocycles. The quantitative estimate of drug-likeness (QED) is 0.652. The van der Waals surface area contributed by atoms with Crippen molar-refractivity contribution in [2.24, 2.45) is 0 Å². The van der Waals surface area contributed by atoms with Crippen molar-refractivity contribution >= 4 is 0 Å². The summed E-state index contributed by atoms with van der Waals surface area (Å²) in [5.41, 5.74) is 2.56. The van der Waals surface area contributed by atoms with Gasteiger partial charge in [-0.05, 0) is 12.1 Å². The molecule has 0 atom stereocenters. The molecule has 0 aromatic carbocycles. The lowest BCUT2D eigenvalue weighted by atomic mass is 10.2. The van der Waals surface area contributed by atoms with Crippen LogP contribution in [0.4, 0.5) is 0 Å². The smallest absolute Gasteiger partial charge is 0.101 e. The van der Waals surface area contributed by atoms with E-state index in [1.165, 1.54) is 0 Å². The van der Waals surface area contributed by atoms with Gasteiger partial charge in [0.1, 0.15) is 6.07 Å². The third-order valence-electron chi connectivity index (χ3n) is 1.75. The zero-order valence-electron chi connectivity index (χ0n) is 6.33. The number of hydrogen-bond donors (Lipinski definition) is 2. The molecule has 0 radical (unpaired) electrons. The summed E-state index contributed by atoms with van der Waals surface area (Å²) in [7, 11) is 0. The zero-order valence-corrected chi connectivity index (χ0v) is 6.33. The number of nitriles is 1. The molecule has 0 saturated carbocycles. The molecule has 2 rings (SSSR count). The van der Waals surface area contributed by atoms with E-state index in [2.05, 4.69) is 16.0 Å². The van der Waals surface area contributed by atoms with Gasteiger partial charge in [-0.2, -0.15) is 5.26 Å². The van der Waals surface area contributed by atoms with Crippen molar-refractivity contribution in [2.45, 2.75) is 0 Å². The third-order valence-corrected chi connectivity index (χ3v) is 1.75. The Morgan fingerprint density at radius 1 is 1.25 bits per heavy atom. The number of nitrogens with zero attached hydrogens (tertiary/aromatic N) is 1. The van der Waals surface area contributed by atoms with Crippen molar-refractivity contribution in [3.63, 3.8) is 0 Å². The lowest BCUT2D eigenvalue weighted by Crippen LogP contribution is -1.76. The summed E-state index contributed by atoms with van der Waals surface area (Å²) in [4.78, 5) is 5.96. The average molecular weight is 157 g/mol. The highest BCUT2D eigenvalue weighted by Gasteiger charge is 2.04. The van der Waals surface area contributed by atoms with Gasteiger partial charge >= 0.3 is 0 Å². The fraction of sp³-hybridized carbons (Fsp3) is 0. The Hall–Kier alpha value is -1.95. The Morgan fingerprint density at radius 3 is 2.83 bits per heavy atom. The molecule has 3 heteroatoms. The lowest BCUT2D eigenvalue weighted by molar-refractivity contribution is 1.38. The van der Waals surface area contributed by atoms with Gasteiger partial charge in [-0.15, -0.1) is 0 Å². The fourth-order valence-corrected chi connectivity index (χ4v) is 1.18. The lowest BCUT2D eigenvalue weighted by Gasteiger charge is -1.91. The van der Waals surface area contributed by atoms with E-state index in [0.717, 1.165) is 11.3 Å². The highest BCUT2D eigenvalue weighted by atomic mass is 14.7. The Balaban J connectivity index is 2.55. The first-order valence-electron chi connectivity index (χ1n) is 3.62. The standard InChI is InChI=1S/C9H7N3/c10-5-7-2-4-12-9(7)8-1-3-11-6-8/h1-4,6,11-12H. The van der Waals surface area contributed by atoms with E-state index >= 15 is 0 Å². The Bertz CT molecular complexity index is 403. The van der Waals surface area contributed by atoms with Crippen LogP contribution in [-0.2, 0) is 0 Å². The molecule has 0 saturated heterocycles. The first kappa shape index (κ1) is 6.74. The van der Waals surface area contributed by atoms with E-state index < -0.39 is 0 Å². The molecular formula is C9H7N3. The van der Waals surface area contributed by atoms with Crippen LogP contribution in [0, 0.1) is 11.3 Å². The van der Waals surface area contributed by atoms with E-state index in [9.17, 15) is 0 Å². The summed E-state index contributed by atoms with van der Waals surface area (Å²) in [6.07, 6.45) is 5.45. The maximum absolute atomic E-state index is 8.73. The SMILES string of the molecule is N#Cc1cc[nH]c1-c1cc[nH]c1. The number of nitrogens with one attached hydrogen (secondary N) is 2. The van der Waals surface area contributed by atoms with E-state index in [1.54, 1.807) is 12.3 Å². The third kappa shape index (κ3) is 0.903. The van der Waals surface area contributed by atoms with E-state index in [-0.39, 0.29) is 0 Å². The largest absolute Gasteiger partial charge is 0.367 e. The van der Waals surface area contributed by atoms with Gasteiger partial charge in [-0.25, -0.2) is 0 Å². The van der Waals surface area contributed by atoms with Crippen LogP contribution in [0.25, 0.3) is 11.3 Å². The molecule has 0 aliphatic rings. The number of H-pyrrole nitrogens is 2. The molecule has 0 bridgehead atoms. The van der Waals surface area contributed by atoms with Crippen molar-refractivity contribution in [2.75, 3.05) is 0 Å². The monoisotopic (exact) mass is 157 g/mol. The molecule has 2 aromatic heterocycles. The Morgan fingerprint density at radius 2 is 2.17 bits per heavy atom. The molecule has 12 heavy (non-hydrogen) atoms. The van der Waals surface area contributed by atoms with Crippen LogP contribution in [0.2, 0.25) is 0 Å². The van der Waals surface area contributed by atoms with Crippen LogP contribution >= 0.6 is 0 Å². The minimum Gasteiger partial charge on any atom is -0.367 e. The number of hydrogen-bond acceptors (Lipinski definition) is 1. The molecule has 0 aliphatic heterocycles. The van der Waals surface area contributed by atoms with Crippen molar-refractivity contribution in [3.05, 3.63) is 36.3 Å². The molecule has 58 valence electrons.